The first kappa shape index (κ1) is 22.4. The van der Waals surface area contributed by atoms with Crippen LogP contribution in [0.5, 0.6) is 0 Å². The van der Waals surface area contributed by atoms with Crippen LogP contribution in [0.15, 0.2) is 43.0 Å². The number of piperidine rings is 1. The van der Waals surface area contributed by atoms with Crippen molar-refractivity contribution in [3.05, 3.63) is 54.2 Å². The standard InChI is InChI=1S/C28H35N7O/c1-2-24(30-13-21-5-6-21)16-34(9-1)25-7-8-27(31-15-25)28(18-36-19-28)35-17-26(32-33-35)23-11-22(12-29-14-23)10-20-3-4-20/h7-8,11-12,14-15,17,20-21,24,30H,1-6,9-10,13,16,18-19H2. The van der Waals surface area contributed by atoms with Gasteiger partial charge in [0.2, 0.25) is 0 Å². The van der Waals surface area contributed by atoms with Crippen LogP contribution in [0, 0.1) is 11.8 Å². The van der Waals surface area contributed by atoms with E-state index in [9.17, 15) is 0 Å². The SMILES string of the molecule is c1ncc(-c2cn(C3(c4ccc(N5CCCC(NCC6CC6)C5)cn4)COC3)nn2)cc1CC1CC1. The minimum absolute atomic E-state index is 0.404. The van der Waals surface area contributed by atoms with Crippen molar-refractivity contribution in [2.45, 2.75) is 56.5 Å². The molecule has 1 atom stereocenters. The Morgan fingerprint density at radius 3 is 2.67 bits per heavy atom. The van der Waals surface area contributed by atoms with E-state index < -0.39 is 5.54 Å². The van der Waals surface area contributed by atoms with Crippen LogP contribution >= 0.6 is 0 Å². The number of hydrogen-bond acceptors (Lipinski definition) is 7. The Kier molecular flexibility index (Phi) is 5.73. The Labute approximate surface area is 212 Å². The Bertz CT molecular complexity index is 1200. The van der Waals surface area contributed by atoms with Crippen molar-refractivity contribution >= 4 is 5.69 Å². The van der Waals surface area contributed by atoms with Crippen molar-refractivity contribution in [3.8, 4) is 11.3 Å². The van der Waals surface area contributed by atoms with Gasteiger partial charge in [0.05, 0.1) is 37.0 Å². The molecular formula is C28H35N7O. The zero-order valence-electron chi connectivity index (χ0n) is 20.9. The number of hydrogen-bond donors (Lipinski definition) is 1. The number of nitrogens with zero attached hydrogens (tertiary/aromatic N) is 6. The summed E-state index contributed by atoms with van der Waals surface area (Å²) in [5, 5.41) is 12.8. The average Bonchev–Trinajstić information content (AvgIpc) is 3.83. The number of aromatic nitrogens is 5. The van der Waals surface area contributed by atoms with E-state index in [0.717, 1.165) is 48.3 Å². The molecule has 7 rings (SSSR count). The number of pyridine rings is 2. The van der Waals surface area contributed by atoms with Crippen molar-refractivity contribution in [2.24, 2.45) is 11.8 Å². The van der Waals surface area contributed by atoms with Crippen molar-refractivity contribution in [3.63, 3.8) is 0 Å². The predicted molar refractivity (Wildman–Crippen MR) is 138 cm³/mol. The van der Waals surface area contributed by atoms with Crippen molar-refractivity contribution in [1.82, 2.24) is 30.3 Å². The molecule has 188 valence electrons. The second-order valence-corrected chi connectivity index (χ2v) is 11.3. The summed E-state index contributed by atoms with van der Waals surface area (Å²) in [6, 6.07) is 7.16. The molecule has 3 aromatic heterocycles. The highest BCUT2D eigenvalue weighted by Gasteiger charge is 2.45. The topological polar surface area (TPSA) is 81.0 Å². The fourth-order valence-electron chi connectivity index (χ4n) is 5.57. The molecule has 0 bridgehead atoms. The maximum atomic E-state index is 5.68. The summed E-state index contributed by atoms with van der Waals surface area (Å²) in [6.45, 7) is 4.44. The molecule has 1 unspecified atom stereocenters. The number of ether oxygens (including phenoxy) is 1. The van der Waals surface area contributed by atoms with Crippen LogP contribution in [0.3, 0.4) is 0 Å². The van der Waals surface area contributed by atoms with E-state index in [1.807, 2.05) is 29.5 Å². The predicted octanol–water partition coefficient (Wildman–Crippen LogP) is 3.43. The van der Waals surface area contributed by atoms with E-state index in [1.165, 1.54) is 56.3 Å². The molecule has 0 aromatic carbocycles. The minimum atomic E-state index is -0.404. The van der Waals surface area contributed by atoms with E-state index in [2.05, 4.69) is 43.7 Å². The van der Waals surface area contributed by atoms with Crippen LogP contribution in [-0.2, 0) is 16.7 Å². The molecule has 36 heavy (non-hydrogen) atoms. The summed E-state index contributed by atoms with van der Waals surface area (Å²) in [5.41, 5.74) is 4.93. The smallest absolute Gasteiger partial charge is 0.152 e. The normalized spacial score (nSPS) is 23.4. The van der Waals surface area contributed by atoms with Gasteiger partial charge in [-0.2, -0.15) is 0 Å². The summed E-state index contributed by atoms with van der Waals surface area (Å²) < 4.78 is 7.63. The van der Waals surface area contributed by atoms with Crippen molar-refractivity contribution < 1.29 is 4.74 Å². The molecule has 2 saturated carbocycles. The van der Waals surface area contributed by atoms with E-state index >= 15 is 0 Å². The number of rotatable bonds is 9. The molecule has 2 aliphatic carbocycles. The van der Waals surface area contributed by atoms with E-state index in [-0.39, 0.29) is 0 Å². The second kappa shape index (κ2) is 9.23. The molecule has 8 heteroatoms. The maximum Gasteiger partial charge on any atom is 0.152 e. The largest absolute Gasteiger partial charge is 0.375 e. The van der Waals surface area contributed by atoms with Crippen molar-refractivity contribution in [2.75, 3.05) is 37.7 Å². The lowest BCUT2D eigenvalue weighted by Crippen LogP contribution is -2.53. The summed E-state index contributed by atoms with van der Waals surface area (Å²) in [7, 11) is 0. The molecule has 1 N–H and O–H groups in total. The molecule has 3 aromatic rings. The van der Waals surface area contributed by atoms with Crippen LogP contribution in [-0.4, -0.2) is 63.9 Å². The van der Waals surface area contributed by atoms with Gasteiger partial charge in [-0.1, -0.05) is 5.21 Å². The Morgan fingerprint density at radius 1 is 1.03 bits per heavy atom. The van der Waals surface area contributed by atoms with Gasteiger partial charge in [0.15, 0.2) is 5.54 Å². The van der Waals surface area contributed by atoms with Gasteiger partial charge in [0.25, 0.3) is 0 Å². The summed E-state index contributed by atoms with van der Waals surface area (Å²) in [6.07, 6.45) is 17.0. The molecule has 4 fully saturated rings. The third-order valence-electron chi connectivity index (χ3n) is 8.33. The first-order chi connectivity index (χ1) is 17.7. The van der Waals surface area contributed by atoms with Crippen molar-refractivity contribution in [1.29, 1.82) is 0 Å². The van der Waals surface area contributed by atoms with Gasteiger partial charge in [0, 0.05) is 37.1 Å². The molecule has 0 amide bonds. The lowest BCUT2D eigenvalue weighted by atomic mass is 9.92. The maximum absolute atomic E-state index is 5.68. The molecular weight excluding hydrogens is 450 g/mol. The average molecular weight is 486 g/mol. The van der Waals surface area contributed by atoms with Crippen LogP contribution in [0.1, 0.15) is 49.8 Å². The molecule has 0 radical (unpaired) electrons. The van der Waals surface area contributed by atoms with E-state index in [4.69, 9.17) is 9.72 Å². The monoisotopic (exact) mass is 485 g/mol. The molecule has 5 heterocycles. The van der Waals surface area contributed by atoms with E-state index in [1.54, 1.807) is 0 Å². The van der Waals surface area contributed by atoms with Gasteiger partial charge in [-0.25, -0.2) is 4.68 Å². The highest BCUT2D eigenvalue weighted by atomic mass is 16.5. The van der Waals surface area contributed by atoms with E-state index in [0.29, 0.717) is 19.3 Å². The minimum Gasteiger partial charge on any atom is -0.375 e. The van der Waals surface area contributed by atoms with Gasteiger partial charge in [-0.05, 0) is 87.1 Å². The fourth-order valence-corrected chi connectivity index (χ4v) is 5.57. The second-order valence-electron chi connectivity index (χ2n) is 11.3. The van der Waals surface area contributed by atoms with Crippen LogP contribution in [0.2, 0.25) is 0 Å². The highest BCUT2D eigenvalue weighted by Crippen LogP contribution is 2.35. The summed E-state index contributed by atoms with van der Waals surface area (Å²) in [4.78, 5) is 11.9. The van der Waals surface area contributed by atoms with Crippen LogP contribution in [0.4, 0.5) is 5.69 Å². The molecule has 2 saturated heterocycles. The number of nitrogens with one attached hydrogen (secondary N) is 1. The van der Waals surface area contributed by atoms with Crippen LogP contribution in [0.25, 0.3) is 11.3 Å². The summed E-state index contributed by atoms with van der Waals surface area (Å²) >= 11 is 0. The summed E-state index contributed by atoms with van der Waals surface area (Å²) in [5.74, 6) is 1.75. The van der Waals surface area contributed by atoms with Gasteiger partial charge >= 0.3 is 0 Å². The quantitative estimate of drug-likeness (QED) is 0.497. The van der Waals surface area contributed by atoms with Gasteiger partial charge < -0.3 is 15.0 Å². The highest BCUT2D eigenvalue weighted by molar-refractivity contribution is 5.57. The lowest BCUT2D eigenvalue weighted by molar-refractivity contribution is -0.0851. The van der Waals surface area contributed by atoms with Crippen LogP contribution < -0.4 is 10.2 Å². The molecule has 8 nitrogen and oxygen atoms in total. The Hall–Kier alpha value is -2.84. The van der Waals surface area contributed by atoms with Gasteiger partial charge in [-0.3, -0.25) is 9.97 Å². The molecule has 2 aliphatic heterocycles. The molecule has 0 spiro atoms. The zero-order valence-corrected chi connectivity index (χ0v) is 20.9. The Balaban J connectivity index is 1.07. The zero-order chi connectivity index (χ0) is 24.0. The fraction of sp³-hybridized carbons (Fsp3) is 0.571. The third-order valence-corrected chi connectivity index (χ3v) is 8.33. The first-order valence-electron chi connectivity index (χ1n) is 13.6. The number of anilines is 1. The Morgan fingerprint density at radius 2 is 1.92 bits per heavy atom. The first-order valence-corrected chi connectivity index (χ1v) is 13.6. The third kappa shape index (κ3) is 4.52. The molecule has 4 aliphatic rings. The lowest BCUT2D eigenvalue weighted by Gasteiger charge is -2.40. The van der Waals surface area contributed by atoms with Gasteiger partial charge in [-0.15, -0.1) is 5.10 Å². The van der Waals surface area contributed by atoms with Gasteiger partial charge in [0.1, 0.15) is 5.69 Å².